The lowest BCUT2D eigenvalue weighted by Gasteiger charge is -2.34. The number of allylic oxidation sites excluding steroid dienone is 6. The Morgan fingerprint density at radius 1 is 1.10 bits per heavy atom. The van der Waals surface area contributed by atoms with Gasteiger partial charge in [0.1, 0.15) is 0 Å². The van der Waals surface area contributed by atoms with Crippen molar-refractivity contribution in [1.82, 2.24) is 0 Å². The summed E-state index contributed by atoms with van der Waals surface area (Å²) in [6.07, 6.45) is 10.7. The number of alkyl halides is 1. The average Bonchev–Trinajstić information content (AvgIpc) is 2.42. The SMILES string of the molecule is CC(C)CC(C1=CC(C)(C)C=C(CBr)C=C1)C(C)(C)C. The normalized spacial score (nSPS) is 20.4. The van der Waals surface area contributed by atoms with Crippen molar-refractivity contribution in [2.45, 2.75) is 54.9 Å². The fourth-order valence-electron chi connectivity index (χ4n) is 3.01. The first-order valence-corrected chi connectivity index (χ1v) is 8.86. The Hall–Kier alpha value is -0.300. The molecular formula is C19H31Br. The van der Waals surface area contributed by atoms with E-state index >= 15 is 0 Å². The predicted octanol–water partition coefficient (Wildman–Crippen LogP) is 6.54. The van der Waals surface area contributed by atoms with Crippen LogP contribution in [0.1, 0.15) is 54.9 Å². The third-order valence-corrected chi connectivity index (χ3v) is 4.54. The van der Waals surface area contributed by atoms with Crippen molar-refractivity contribution in [2.24, 2.45) is 22.7 Å². The Labute approximate surface area is 134 Å². The summed E-state index contributed by atoms with van der Waals surface area (Å²) in [5.74, 6) is 1.34. The largest absolute Gasteiger partial charge is 0.0876 e. The maximum atomic E-state index is 3.59. The fourth-order valence-corrected chi connectivity index (χ4v) is 3.36. The molecule has 0 nitrogen and oxygen atoms in total. The molecule has 1 aliphatic carbocycles. The maximum absolute atomic E-state index is 3.59. The van der Waals surface area contributed by atoms with Crippen molar-refractivity contribution in [2.75, 3.05) is 5.33 Å². The number of hydrogen-bond acceptors (Lipinski definition) is 0. The highest BCUT2D eigenvalue weighted by atomic mass is 79.9. The Morgan fingerprint density at radius 3 is 2.15 bits per heavy atom. The molecule has 0 fully saturated rings. The van der Waals surface area contributed by atoms with Crippen molar-refractivity contribution in [3.63, 3.8) is 0 Å². The van der Waals surface area contributed by atoms with Gasteiger partial charge in [-0.05, 0) is 34.8 Å². The van der Waals surface area contributed by atoms with Crippen LogP contribution in [0.4, 0.5) is 0 Å². The maximum Gasteiger partial charge on any atom is 0.0280 e. The van der Waals surface area contributed by atoms with Crippen molar-refractivity contribution >= 4 is 15.9 Å². The van der Waals surface area contributed by atoms with E-state index in [9.17, 15) is 0 Å². The molecule has 0 amide bonds. The molecule has 0 radical (unpaired) electrons. The minimum Gasteiger partial charge on any atom is -0.0876 e. The third-order valence-electron chi connectivity index (χ3n) is 3.90. The van der Waals surface area contributed by atoms with Gasteiger partial charge in [0.25, 0.3) is 0 Å². The van der Waals surface area contributed by atoms with E-state index in [0.717, 1.165) is 11.2 Å². The molecule has 1 atom stereocenters. The summed E-state index contributed by atoms with van der Waals surface area (Å²) >= 11 is 3.59. The van der Waals surface area contributed by atoms with E-state index in [1.807, 2.05) is 0 Å². The molecule has 0 N–H and O–H groups in total. The van der Waals surface area contributed by atoms with Gasteiger partial charge in [0.2, 0.25) is 0 Å². The molecule has 1 aliphatic rings. The first-order valence-electron chi connectivity index (χ1n) is 7.73. The van der Waals surface area contributed by atoms with E-state index < -0.39 is 0 Å². The Balaban J connectivity index is 3.18. The zero-order chi connectivity index (χ0) is 15.6. The second-order valence-electron chi connectivity index (χ2n) is 8.20. The molecule has 0 aromatic rings. The molecule has 1 rings (SSSR count). The van der Waals surface area contributed by atoms with Gasteiger partial charge in [-0.1, -0.05) is 88.7 Å². The van der Waals surface area contributed by atoms with Gasteiger partial charge < -0.3 is 0 Å². The van der Waals surface area contributed by atoms with Crippen LogP contribution in [0.15, 0.2) is 35.5 Å². The lowest BCUT2D eigenvalue weighted by molar-refractivity contribution is 0.243. The monoisotopic (exact) mass is 338 g/mol. The van der Waals surface area contributed by atoms with Gasteiger partial charge in [-0.15, -0.1) is 0 Å². The first kappa shape index (κ1) is 17.8. The van der Waals surface area contributed by atoms with E-state index in [1.165, 1.54) is 17.6 Å². The highest BCUT2D eigenvalue weighted by Crippen LogP contribution is 2.40. The van der Waals surface area contributed by atoms with Crippen LogP contribution in [-0.4, -0.2) is 5.33 Å². The highest BCUT2D eigenvalue weighted by Gasteiger charge is 2.29. The zero-order valence-electron chi connectivity index (χ0n) is 14.3. The lowest BCUT2D eigenvalue weighted by Crippen LogP contribution is -2.24. The Kier molecular flexibility index (Phi) is 5.89. The van der Waals surface area contributed by atoms with Crippen LogP contribution in [0.5, 0.6) is 0 Å². The van der Waals surface area contributed by atoms with E-state index in [4.69, 9.17) is 0 Å². The Bertz CT molecular complexity index is 414. The molecule has 0 saturated carbocycles. The topological polar surface area (TPSA) is 0 Å². The molecule has 20 heavy (non-hydrogen) atoms. The smallest absolute Gasteiger partial charge is 0.0280 e. The minimum absolute atomic E-state index is 0.127. The van der Waals surface area contributed by atoms with E-state index in [1.54, 1.807) is 0 Å². The van der Waals surface area contributed by atoms with Crippen LogP contribution in [0.2, 0.25) is 0 Å². The summed E-state index contributed by atoms with van der Waals surface area (Å²) in [6, 6.07) is 0. The van der Waals surface area contributed by atoms with Gasteiger partial charge in [0.15, 0.2) is 0 Å². The molecule has 0 heterocycles. The molecule has 0 aromatic carbocycles. The second kappa shape index (κ2) is 6.64. The van der Waals surface area contributed by atoms with E-state index in [0.29, 0.717) is 11.3 Å². The second-order valence-corrected chi connectivity index (χ2v) is 8.76. The zero-order valence-corrected chi connectivity index (χ0v) is 15.8. The third kappa shape index (κ3) is 5.24. The predicted molar refractivity (Wildman–Crippen MR) is 95.3 cm³/mol. The van der Waals surface area contributed by atoms with Crippen LogP contribution >= 0.6 is 15.9 Å². The quantitative estimate of drug-likeness (QED) is 0.510. The lowest BCUT2D eigenvalue weighted by atomic mass is 9.71. The minimum atomic E-state index is 0.127. The van der Waals surface area contributed by atoms with Crippen LogP contribution < -0.4 is 0 Å². The van der Waals surface area contributed by atoms with Gasteiger partial charge in [-0.25, -0.2) is 0 Å². The summed E-state index contributed by atoms with van der Waals surface area (Å²) in [4.78, 5) is 0. The number of hydrogen-bond donors (Lipinski definition) is 0. The van der Waals surface area contributed by atoms with Crippen LogP contribution in [-0.2, 0) is 0 Å². The van der Waals surface area contributed by atoms with Gasteiger partial charge in [0.05, 0.1) is 0 Å². The summed E-state index contributed by atoms with van der Waals surface area (Å²) in [6.45, 7) is 16.4. The van der Waals surface area contributed by atoms with Crippen LogP contribution in [0, 0.1) is 22.7 Å². The molecule has 0 saturated heterocycles. The molecule has 1 heteroatoms. The van der Waals surface area contributed by atoms with Gasteiger partial charge in [-0.3, -0.25) is 0 Å². The molecule has 1 unspecified atom stereocenters. The molecule has 114 valence electrons. The highest BCUT2D eigenvalue weighted by molar-refractivity contribution is 9.09. The number of rotatable bonds is 4. The first-order chi connectivity index (χ1) is 9.05. The van der Waals surface area contributed by atoms with Crippen molar-refractivity contribution in [3.05, 3.63) is 35.5 Å². The van der Waals surface area contributed by atoms with E-state index in [-0.39, 0.29) is 5.41 Å². The fraction of sp³-hybridized carbons (Fsp3) is 0.684. The van der Waals surface area contributed by atoms with Crippen molar-refractivity contribution in [1.29, 1.82) is 0 Å². The average molecular weight is 339 g/mol. The van der Waals surface area contributed by atoms with Gasteiger partial charge in [0, 0.05) is 10.7 Å². The molecular weight excluding hydrogens is 308 g/mol. The standard InChI is InChI=1S/C19H31Br/c1-14(2)10-17(18(3,4)5)16-9-8-15(13-20)11-19(6,7)12-16/h8-9,11-12,14,17H,10,13H2,1-7H3. The van der Waals surface area contributed by atoms with Crippen molar-refractivity contribution < 1.29 is 0 Å². The molecule has 0 bridgehead atoms. The summed E-state index contributed by atoms with van der Waals surface area (Å²) in [5.41, 5.74) is 3.31. The summed E-state index contributed by atoms with van der Waals surface area (Å²) < 4.78 is 0. The van der Waals surface area contributed by atoms with Crippen LogP contribution in [0.25, 0.3) is 0 Å². The molecule has 0 spiro atoms. The van der Waals surface area contributed by atoms with Gasteiger partial charge in [-0.2, -0.15) is 0 Å². The summed E-state index contributed by atoms with van der Waals surface area (Å²) in [7, 11) is 0. The molecule has 0 aliphatic heterocycles. The Morgan fingerprint density at radius 2 is 1.70 bits per heavy atom. The molecule has 0 aromatic heterocycles. The van der Waals surface area contributed by atoms with Crippen molar-refractivity contribution in [3.8, 4) is 0 Å². The van der Waals surface area contributed by atoms with Gasteiger partial charge >= 0.3 is 0 Å². The van der Waals surface area contributed by atoms with Crippen LogP contribution in [0.3, 0.4) is 0 Å². The van der Waals surface area contributed by atoms with E-state index in [2.05, 4.69) is 88.7 Å². The summed E-state index contributed by atoms with van der Waals surface area (Å²) in [5, 5.41) is 0.929. The number of halogens is 1.